The van der Waals surface area contributed by atoms with E-state index >= 15 is 0 Å². The van der Waals surface area contributed by atoms with Gasteiger partial charge in [-0.2, -0.15) is 0 Å². The normalized spacial score (nSPS) is 26.1. The molecule has 29 heavy (non-hydrogen) atoms. The lowest BCUT2D eigenvalue weighted by Gasteiger charge is -2.43. The van der Waals surface area contributed by atoms with Gasteiger partial charge in [-0.25, -0.2) is 4.98 Å². The van der Waals surface area contributed by atoms with Gasteiger partial charge in [0.15, 0.2) is 0 Å². The summed E-state index contributed by atoms with van der Waals surface area (Å²) in [4.78, 5) is 19.9. The van der Waals surface area contributed by atoms with E-state index in [4.69, 9.17) is 9.72 Å². The number of hydrogen-bond acceptors (Lipinski definition) is 5. The van der Waals surface area contributed by atoms with Crippen LogP contribution in [0.15, 0.2) is 24.3 Å². The minimum atomic E-state index is -0.546. The van der Waals surface area contributed by atoms with Crippen molar-refractivity contribution in [1.82, 2.24) is 19.8 Å². The Bertz CT molecular complexity index is 844. The fourth-order valence-corrected chi connectivity index (χ4v) is 4.72. The molecule has 7 nitrogen and oxygen atoms in total. The van der Waals surface area contributed by atoms with Crippen LogP contribution in [-0.4, -0.2) is 70.0 Å². The molecule has 7 heteroatoms. The summed E-state index contributed by atoms with van der Waals surface area (Å²) >= 11 is 0. The second-order valence-corrected chi connectivity index (χ2v) is 8.51. The average molecular weight is 401 g/mol. The summed E-state index contributed by atoms with van der Waals surface area (Å²) in [6, 6.07) is 7.81. The Morgan fingerprint density at radius 3 is 2.79 bits per heavy atom. The Hall–Kier alpha value is -1.96. The summed E-state index contributed by atoms with van der Waals surface area (Å²) in [5, 5.41) is 14.1. The first-order valence-electron chi connectivity index (χ1n) is 10.8. The van der Waals surface area contributed by atoms with E-state index in [9.17, 15) is 9.90 Å². The maximum Gasteiger partial charge on any atom is 0.240 e. The maximum absolute atomic E-state index is 12.9. The highest BCUT2D eigenvalue weighted by atomic mass is 16.5. The van der Waals surface area contributed by atoms with E-state index in [0.717, 1.165) is 49.2 Å². The molecule has 1 aliphatic carbocycles. The SMILES string of the molecule is CC(C)c1nc2ccccc2n1CC(=O)N[C@@H]1CCC[C@@H](N2CCOCC2)[C@@H]1O. The average Bonchev–Trinajstić information content (AvgIpc) is 3.09. The number of hydrogen-bond donors (Lipinski definition) is 2. The van der Waals surface area contributed by atoms with Crippen molar-refractivity contribution >= 4 is 16.9 Å². The first-order valence-corrected chi connectivity index (χ1v) is 10.8. The number of fused-ring (bicyclic) bond motifs is 1. The third-order valence-corrected chi connectivity index (χ3v) is 6.18. The summed E-state index contributed by atoms with van der Waals surface area (Å²) in [6.45, 7) is 7.53. The molecule has 2 heterocycles. The van der Waals surface area contributed by atoms with Crippen LogP contribution in [0.4, 0.5) is 0 Å². The summed E-state index contributed by atoms with van der Waals surface area (Å²) in [7, 11) is 0. The van der Waals surface area contributed by atoms with Crippen LogP contribution in [0, 0.1) is 0 Å². The summed E-state index contributed by atoms with van der Waals surface area (Å²) in [5.41, 5.74) is 1.89. The number of carbonyl (C=O) groups is 1. The summed E-state index contributed by atoms with van der Waals surface area (Å²) < 4.78 is 7.44. The van der Waals surface area contributed by atoms with E-state index < -0.39 is 6.10 Å². The van der Waals surface area contributed by atoms with Gasteiger partial charge in [0.2, 0.25) is 5.91 Å². The smallest absolute Gasteiger partial charge is 0.240 e. The zero-order chi connectivity index (χ0) is 20.4. The Morgan fingerprint density at radius 1 is 1.28 bits per heavy atom. The first kappa shape index (κ1) is 20.3. The van der Waals surface area contributed by atoms with E-state index in [1.54, 1.807) is 0 Å². The van der Waals surface area contributed by atoms with Gasteiger partial charge in [0, 0.05) is 25.0 Å². The van der Waals surface area contributed by atoms with E-state index in [1.165, 1.54) is 0 Å². The molecule has 158 valence electrons. The van der Waals surface area contributed by atoms with Crippen LogP contribution in [0.3, 0.4) is 0 Å². The summed E-state index contributed by atoms with van der Waals surface area (Å²) in [6.07, 6.45) is 2.25. The molecule has 0 radical (unpaired) electrons. The Labute approximate surface area is 172 Å². The molecule has 2 aliphatic rings. The van der Waals surface area contributed by atoms with Crippen LogP contribution >= 0.6 is 0 Å². The standard InChI is InChI=1S/C22H32N4O3/c1-15(2)22-24-16-6-3-4-8-18(16)26(22)14-20(27)23-17-7-5-9-19(21(17)28)25-10-12-29-13-11-25/h3-4,6,8,15,17,19,21,28H,5,7,9-14H2,1-2H3,(H,23,27)/t17-,19-,21-/m1/s1. The quantitative estimate of drug-likeness (QED) is 0.801. The van der Waals surface area contributed by atoms with Gasteiger partial charge in [-0.05, 0) is 31.4 Å². The fourth-order valence-electron chi connectivity index (χ4n) is 4.72. The third-order valence-electron chi connectivity index (χ3n) is 6.18. The van der Waals surface area contributed by atoms with Gasteiger partial charge < -0.3 is 19.7 Å². The lowest BCUT2D eigenvalue weighted by atomic mass is 9.86. The summed E-state index contributed by atoms with van der Waals surface area (Å²) in [5.74, 6) is 1.07. The maximum atomic E-state index is 12.9. The molecule has 4 rings (SSSR count). The molecule has 2 aromatic rings. The van der Waals surface area contributed by atoms with Crippen LogP contribution in [0.25, 0.3) is 11.0 Å². The second-order valence-electron chi connectivity index (χ2n) is 8.51. The number of rotatable bonds is 5. The number of aliphatic hydroxyl groups is 1. The molecular weight excluding hydrogens is 368 g/mol. The number of aromatic nitrogens is 2. The molecule has 3 atom stereocenters. The molecule has 1 aromatic carbocycles. The fraction of sp³-hybridized carbons (Fsp3) is 0.636. The molecule has 2 N–H and O–H groups in total. The highest BCUT2D eigenvalue weighted by Crippen LogP contribution is 2.25. The van der Waals surface area contributed by atoms with Crippen molar-refractivity contribution in [3.05, 3.63) is 30.1 Å². The predicted octanol–water partition coefficient (Wildman–Crippen LogP) is 1.89. The van der Waals surface area contributed by atoms with Crippen LogP contribution in [0.1, 0.15) is 44.9 Å². The van der Waals surface area contributed by atoms with Crippen molar-refractivity contribution in [3.63, 3.8) is 0 Å². The van der Waals surface area contributed by atoms with Crippen molar-refractivity contribution in [2.75, 3.05) is 26.3 Å². The van der Waals surface area contributed by atoms with E-state index in [1.807, 2.05) is 28.8 Å². The molecule has 0 unspecified atom stereocenters. The zero-order valence-corrected chi connectivity index (χ0v) is 17.4. The molecule has 1 aromatic heterocycles. The van der Waals surface area contributed by atoms with Gasteiger partial charge in [0.05, 0.1) is 36.4 Å². The molecule has 1 aliphatic heterocycles. The van der Waals surface area contributed by atoms with Gasteiger partial charge >= 0.3 is 0 Å². The lowest BCUT2D eigenvalue weighted by molar-refractivity contribution is -0.124. The highest BCUT2D eigenvalue weighted by molar-refractivity contribution is 5.81. The molecule has 1 amide bonds. The minimum Gasteiger partial charge on any atom is -0.389 e. The molecule has 2 fully saturated rings. The first-order chi connectivity index (χ1) is 14.0. The van der Waals surface area contributed by atoms with Gasteiger partial charge in [-0.15, -0.1) is 0 Å². The van der Waals surface area contributed by atoms with Crippen molar-refractivity contribution in [3.8, 4) is 0 Å². The molecular formula is C22H32N4O3. The number of imidazole rings is 1. The predicted molar refractivity (Wildman–Crippen MR) is 112 cm³/mol. The van der Waals surface area contributed by atoms with Crippen LogP contribution < -0.4 is 5.32 Å². The largest absolute Gasteiger partial charge is 0.389 e. The monoisotopic (exact) mass is 400 g/mol. The lowest BCUT2D eigenvalue weighted by Crippen LogP contribution is -2.58. The zero-order valence-electron chi connectivity index (χ0n) is 17.4. The Balaban J connectivity index is 1.45. The van der Waals surface area contributed by atoms with Crippen molar-refractivity contribution in [2.24, 2.45) is 0 Å². The van der Waals surface area contributed by atoms with E-state index in [-0.39, 0.29) is 30.5 Å². The number of para-hydroxylation sites is 2. The van der Waals surface area contributed by atoms with Crippen LogP contribution in [0.2, 0.25) is 0 Å². The molecule has 1 saturated carbocycles. The van der Waals surface area contributed by atoms with Gasteiger partial charge in [-0.1, -0.05) is 26.0 Å². The van der Waals surface area contributed by atoms with E-state index in [0.29, 0.717) is 13.2 Å². The number of carbonyl (C=O) groups excluding carboxylic acids is 1. The minimum absolute atomic E-state index is 0.0678. The van der Waals surface area contributed by atoms with Crippen LogP contribution in [-0.2, 0) is 16.1 Å². The number of ether oxygens (including phenoxy) is 1. The van der Waals surface area contributed by atoms with Crippen molar-refractivity contribution < 1.29 is 14.6 Å². The van der Waals surface area contributed by atoms with Gasteiger partial charge in [0.25, 0.3) is 0 Å². The Kier molecular flexibility index (Phi) is 6.18. The van der Waals surface area contributed by atoms with Gasteiger partial charge in [0.1, 0.15) is 12.4 Å². The van der Waals surface area contributed by atoms with Crippen LogP contribution in [0.5, 0.6) is 0 Å². The van der Waals surface area contributed by atoms with E-state index in [2.05, 4.69) is 24.1 Å². The van der Waals surface area contributed by atoms with Crippen molar-refractivity contribution in [2.45, 2.75) is 63.8 Å². The number of nitrogens with zero attached hydrogens (tertiary/aromatic N) is 3. The number of morpholine rings is 1. The number of aliphatic hydroxyl groups excluding tert-OH is 1. The number of nitrogens with one attached hydrogen (secondary N) is 1. The number of amides is 1. The molecule has 0 bridgehead atoms. The highest BCUT2D eigenvalue weighted by Gasteiger charge is 2.36. The molecule has 0 spiro atoms. The Morgan fingerprint density at radius 2 is 2.03 bits per heavy atom. The third kappa shape index (κ3) is 4.32. The topological polar surface area (TPSA) is 79.6 Å². The van der Waals surface area contributed by atoms with Crippen molar-refractivity contribution in [1.29, 1.82) is 0 Å². The van der Waals surface area contributed by atoms with Gasteiger partial charge in [-0.3, -0.25) is 9.69 Å². The molecule has 1 saturated heterocycles. The number of benzene rings is 1. The second kappa shape index (κ2) is 8.81.